The van der Waals surface area contributed by atoms with E-state index < -0.39 is 5.97 Å². The van der Waals surface area contributed by atoms with Crippen LogP contribution in [-0.4, -0.2) is 16.1 Å². The number of rotatable bonds is 3. The first-order valence-corrected chi connectivity index (χ1v) is 5.33. The molecule has 2 aromatic rings. The Labute approximate surface area is 103 Å². The van der Waals surface area contributed by atoms with Gasteiger partial charge in [-0.3, -0.25) is 0 Å². The number of nitrogens with one attached hydrogen (secondary N) is 1. The van der Waals surface area contributed by atoms with Crippen molar-refractivity contribution in [3.63, 3.8) is 0 Å². The fraction of sp³-hybridized carbons (Fsp3) is 0.0833. The highest BCUT2D eigenvalue weighted by atomic mass is 35.5. The summed E-state index contributed by atoms with van der Waals surface area (Å²) in [6, 6.07) is 6.38. The molecule has 5 heteroatoms. The molecule has 2 rings (SSSR count). The number of hydrogen-bond acceptors (Lipinski definition) is 3. The van der Waals surface area contributed by atoms with Crippen molar-refractivity contribution in [1.29, 1.82) is 0 Å². The maximum absolute atomic E-state index is 11.7. The standard InChI is InChI=1S/C12H10ClNO3/c13-10-2-1-8(7-15)5-11(10)17-12(16)9-3-4-14-6-9/h1-6,14-15H,7H2. The molecule has 0 spiro atoms. The van der Waals surface area contributed by atoms with Crippen LogP contribution in [0.2, 0.25) is 5.02 Å². The normalized spacial score (nSPS) is 10.2. The molecule has 0 atom stereocenters. The molecule has 0 aliphatic heterocycles. The summed E-state index contributed by atoms with van der Waals surface area (Å²) < 4.78 is 5.13. The van der Waals surface area contributed by atoms with E-state index in [0.29, 0.717) is 16.1 Å². The first kappa shape index (κ1) is 11.7. The Balaban J connectivity index is 2.21. The van der Waals surface area contributed by atoms with E-state index >= 15 is 0 Å². The van der Waals surface area contributed by atoms with Crippen LogP contribution in [0.25, 0.3) is 0 Å². The molecule has 0 aliphatic carbocycles. The number of esters is 1. The highest BCUT2D eigenvalue weighted by Crippen LogP contribution is 2.26. The minimum atomic E-state index is -0.497. The number of aromatic amines is 1. The Bertz CT molecular complexity index is 523. The van der Waals surface area contributed by atoms with Gasteiger partial charge in [-0.05, 0) is 23.8 Å². The molecule has 4 nitrogen and oxygen atoms in total. The minimum Gasteiger partial charge on any atom is -0.421 e. The molecule has 1 aromatic carbocycles. The number of aliphatic hydroxyl groups excluding tert-OH is 1. The molecule has 1 aromatic heterocycles. The quantitative estimate of drug-likeness (QED) is 0.650. The molecular formula is C12H10ClNO3. The van der Waals surface area contributed by atoms with Gasteiger partial charge in [0.05, 0.1) is 17.2 Å². The Hall–Kier alpha value is -1.78. The largest absolute Gasteiger partial charge is 0.421 e. The van der Waals surface area contributed by atoms with Gasteiger partial charge in [-0.1, -0.05) is 17.7 Å². The van der Waals surface area contributed by atoms with Crippen molar-refractivity contribution in [2.45, 2.75) is 6.61 Å². The van der Waals surface area contributed by atoms with Crippen LogP contribution in [0.3, 0.4) is 0 Å². The van der Waals surface area contributed by atoms with Crippen LogP contribution in [0, 0.1) is 0 Å². The molecular weight excluding hydrogens is 242 g/mol. The Morgan fingerprint density at radius 2 is 2.24 bits per heavy atom. The summed E-state index contributed by atoms with van der Waals surface area (Å²) in [4.78, 5) is 14.4. The molecule has 0 radical (unpaired) electrons. The highest BCUT2D eigenvalue weighted by Gasteiger charge is 2.11. The van der Waals surface area contributed by atoms with E-state index in [9.17, 15) is 4.79 Å². The maximum atomic E-state index is 11.7. The molecule has 0 saturated heterocycles. The summed E-state index contributed by atoms with van der Waals surface area (Å²) in [5.74, 6) is -0.257. The molecule has 0 bridgehead atoms. The van der Waals surface area contributed by atoms with E-state index in [1.165, 1.54) is 12.3 Å². The lowest BCUT2D eigenvalue weighted by Gasteiger charge is -2.06. The van der Waals surface area contributed by atoms with Crippen LogP contribution in [0.1, 0.15) is 15.9 Å². The fourth-order valence-corrected chi connectivity index (χ4v) is 1.49. The van der Waals surface area contributed by atoms with Crippen molar-refractivity contribution in [2.24, 2.45) is 0 Å². The predicted octanol–water partition coefficient (Wildman–Crippen LogP) is 2.38. The molecule has 0 unspecified atom stereocenters. The van der Waals surface area contributed by atoms with Crippen LogP contribution in [0.15, 0.2) is 36.7 Å². The topological polar surface area (TPSA) is 62.3 Å². The Kier molecular flexibility index (Phi) is 3.46. The molecule has 17 heavy (non-hydrogen) atoms. The van der Waals surface area contributed by atoms with Crippen molar-refractivity contribution in [1.82, 2.24) is 4.98 Å². The van der Waals surface area contributed by atoms with E-state index in [-0.39, 0.29) is 12.4 Å². The van der Waals surface area contributed by atoms with Crippen LogP contribution in [0.4, 0.5) is 0 Å². The molecule has 1 heterocycles. The van der Waals surface area contributed by atoms with Gasteiger partial charge in [0.25, 0.3) is 0 Å². The van der Waals surface area contributed by atoms with E-state index in [4.69, 9.17) is 21.4 Å². The van der Waals surface area contributed by atoms with Gasteiger partial charge in [0.15, 0.2) is 0 Å². The molecule has 0 aliphatic rings. The van der Waals surface area contributed by atoms with Crippen molar-refractivity contribution in [3.8, 4) is 5.75 Å². The molecule has 0 amide bonds. The van der Waals surface area contributed by atoms with E-state index in [0.717, 1.165) is 0 Å². The monoisotopic (exact) mass is 251 g/mol. The number of halogens is 1. The van der Waals surface area contributed by atoms with Crippen LogP contribution < -0.4 is 4.74 Å². The van der Waals surface area contributed by atoms with Crippen LogP contribution in [0.5, 0.6) is 5.75 Å². The van der Waals surface area contributed by atoms with Gasteiger partial charge < -0.3 is 14.8 Å². The lowest BCUT2D eigenvalue weighted by Crippen LogP contribution is -2.07. The maximum Gasteiger partial charge on any atom is 0.345 e. The van der Waals surface area contributed by atoms with Gasteiger partial charge in [-0.2, -0.15) is 0 Å². The number of H-pyrrole nitrogens is 1. The highest BCUT2D eigenvalue weighted by molar-refractivity contribution is 6.32. The number of benzene rings is 1. The van der Waals surface area contributed by atoms with E-state index in [1.807, 2.05) is 0 Å². The van der Waals surface area contributed by atoms with Crippen LogP contribution >= 0.6 is 11.6 Å². The van der Waals surface area contributed by atoms with Crippen molar-refractivity contribution in [2.75, 3.05) is 0 Å². The Morgan fingerprint density at radius 3 is 2.88 bits per heavy atom. The lowest BCUT2D eigenvalue weighted by atomic mass is 10.2. The van der Waals surface area contributed by atoms with Gasteiger partial charge in [0.1, 0.15) is 5.75 Å². The third-order valence-electron chi connectivity index (χ3n) is 2.21. The van der Waals surface area contributed by atoms with Gasteiger partial charge in [-0.25, -0.2) is 4.79 Å². The predicted molar refractivity (Wildman–Crippen MR) is 63.1 cm³/mol. The summed E-state index contributed by atoms with van der Waals surface area (Å²) >= 11 is 5.89. The third kappa shape index (κ3) is 2.67. The lowest BCUT2D eigenvalue weighted by molar-refractivity contribution is 0.0734. The van der Waals surface area contributed by atoms with Gasteiger partial charge >= 0.3 is 5.97 Å². The van der Waals surface area contributed by atoms with Crippen LogP contribution in [-0.2, 0) is 6.61 Å². The average molecular weight is 252 g/mol. The number of aliphatic hydroxyl groups is 1. The SMILES string of the molecule is O=C(Oc1cc(CO)ccc1Cl)c1cc[nH]c1. The fourth-order valence-electron chi connectivity index (χ4n) is 1.33. The second kappa shape index (κ2) is 5.03. The third-order valence-corrected chi connectivity index (χ3v) is 2.53. The van der Waals surface area contributed by atoms with Crippen molar-refractivity contribution < 1.29 is 14.6 Å². The number of hydrogen-bond donors (Lipinski definition) is 2. The van der Waals surface area contributed by atoms with Gasteiger partial charge in [-0.15, -0.1) is 0 Å². The first-order valence-electron chi connectivity index (χ1n) is 4.95. The second-order valence-corrected chi connectivity index (χ2v) is 3.82. The van der Waals surface area contributed by atoms with Gasteiger partial charge in [0, 0.05) is 12.4 Å². The second-order valence-electron chi connectivity index (χ2n) is 3.41. The van der Waals surface area contributed by atoms with Crippen molar-refractivity contribution >= 4 is 17.6 Å². The summed E-state index contributed by atoms with van der Waals surface area (Å²) in [5, 5.41) is 9.31. The zero-order valence-corrected chi connectivity index (χ0v) is 9.57. The summed E-state index contributed by atoms with van der Waals surface area (Å²) in [7, 11) is 0. The summed E-state index contributed by atoms with van der Waals surface area (Å²) in [6.45, 7) is -0.133. The molecule has 88 valence electrons. The van der Waals surface area contributed by atoms with E-state index in [1.54, 1.807) is 24.4 Å². The zero-order chi connectivity index (χ0) is 12.3. The average Bonchev–Trinajstić information content (AvgIpc) is 2.85. The smallest absolute Gasteiger partial charge is 0.345 e. The van der Waals surface area contributed by atoms with Crippen molar-refractivity contribution in [3.05, 3.63) is 52.8 Å². The zero-order valence-electron chi connectivity index (χ0n) is 8.81. The Morgan fingerprint density at radius 1 is 1.41 bits per heavy atom. The minimum absolute atomic E-state index is 0.133. The number of ether oxygens (including phenoxy) is 1. The first-order chi connectivity index (χ1) is 8.20. The number of carbonyl (C=O) groups is 1. The molecule has 2 N–H and O–H groups in total. The summed E-state index contributed by atoms with van der Waals surface area (Å²) in [5.41, 5.74) is 1.04. The summed E-state index contributed by atoms with van der Waals surface area (Å²) in [6.07, 6.45) is 3.16. The molecule has 0 fully saturated rings. The molecule has 0 saturated carbocycles. The van der Waals surface area contributed by atoms with E-state index in [2.05, 4.69) is 4.98 Å². The van der Waals surface area contributed by atoms with Gasteiger partial charge in [0.2, 0.25) is 0 Å². The number of carbonyl (C=O) groups excluding carboxylic acids is 1. The number of aromatic nitrogens is 1.